The molecule has 0 radical (unpaired) electrons. The first-order valence-corrected chi connectivity index (χ1v) is 16.3. The third-order valence-corrected chi connectivity index (χ3v) is 10.5. The van der Waals surface area contributed by atoms with E-state index in [2.05, 4.69) is 25.3 Å². The summed E-state index contributed by atoms with van der Waals surface area (Å²) in [4.78, 5) is 44.6. The zero-order chi connectivity index (χ0) is 32.3. The van der Waals surface area contributed by atoms with Crippen molar-refractivity contribution in [1.82, 2.24) is 25.3 Å². The number of rotatable bonds is 9. The van der Waals surface area contributed by atoms with Crippen molar-refractivity contribution in [2.24, 2.45) is 0 Å². The molecule has 44 heavy (non-hydrogen) atoms. The largest absolute Gasteiger partial charge is 0.480 e. The SMILES string of the molecule is C/C(=C\NC(=O)NC1CCCCC1)c1ccc2nc(C[C@H](NS(=O)(=O)c3c(C)c(C)c(C)c(C)c3C)C(=O)O)[nH]c(=O)c2c1. The number of allylic oxidation sites excluding steroid dienone is 1. The van der Waals surface area contributed by atoms with Crippen LogP contribution in [0.25, 0.3) is 16.5 Å². The van der Waals surface area contributed by atoms with Gasteiger partial charge in [-0.1, -0.05) is 25.3 Å². The van der Waals surface area contributed by atoms with Gasteiger partial charge < -0.3 is 20.7 Å². The smallest absolute Gasteiger partial charge is 0.322 e. The van der Waals surface area contributed by atoms with Gasteiger partial charge in [-0.15, -0.1) is 0 Å². The molecule has 12 heteroatoms. The van der Waals surface area contributed by atoms with E-state index in [9.17, 15) is 27.9 Å². The number of benzene rings is 2. The Bertz CT molecular complexity index is 1780. The van der Waals surface area contributed by atoms with Gasteiger partial charge in [-0.05, 0) is 105 Å². The Labute approximate surface area is 257 Å². The summed E-state index contributed by atoms with van der Waals surface area (Å²) in [5.41, 5.74) is 4.99. The number of aliphatic carboxylic acids is 1. The molecule has 1 atom stereocenters. The van der Waals surface area contributed by atoms with Crippen LogP contribution in [0.3, 0.4) is 0 Å². The van der Waals surface area contributed by atoms with Gasteiger partial charge in [0, 0.05) is 18.7 Å². The highest BCUT2D eigenvalue weighted by atomic mass is 32.2. The van der Waals surface area contributed by atoms with Gasteiger partial charge in [-0.3, -0.25) is 9.59 Å². The second-order valence-corrected chi connectivity index (χ2v) is 13.3. The van der Waals surface area contributed by atoms with Crippen molar-refractivity contribution in [2.75, 3.05) is 0 Å². The van der Waals surface area contributed by atoms with E-state index in [4.69, 9.17) is 0 Å². The average molecular weight is 624 g/mol. The molecule has 0 aliphatic heterocycles. The Kier molecular flexibility index (Phi) is 9.94. The monoisotopic (exact) mass is 623 g/mol. The molecule has 1 heterocycles. The first kappa shape index (κ1) is 32.9. The molecule has 0 unspecified atom stereocenters. The maximum Gasteiger partial charge on any atom is 0.322 e. The van der Waals surface area contributed by atoms with Crippen molar-refractivity contribution in [2.45, 2.75) is 97.0 Å². The molecule has 2 amide bonds. The number of nitrogens with zero attached hydrogens (tertiary/aromatic N) is 1. The van der Waals surface area contributed by atoms with Crippen LogP contribution in [-0.4, -0.2) is 47.6 Å². The second kappa shape index (κ2) is 13.3. The number of sulfonamides is 1. The molecule has 1 aromatic heterocycles. The number of nitrogens with one attached hydrogen (secondary N) is 4. The third-order valence-electron chi connectivity index (χ3n) is 8.76. The lowest BCUT2D eigenvalue weighted by Crippen LogP contribution is -2.43. The first-order valence-electron chi connectivity index (χ1n) is 14.8. The van der Waals surface area contributed by atoms with Crippen LogP contribution in [0.1, 0.15) is 78.2 Å². The standard InChI is InChI=1S/C32H41N5O6S/c1-17(16-33-32(41)34-24-10-8-7-9-11-24)23-12-13-26-25(14-23)30(38)36-28(35-26)15-27(31(39)40)37-44(42,43)29-21(5)19(3)18(2)20(4)22(29)6/h12-14,16,24,27,37H,7-11,15H2,1-6H3,(H,39,40)(H2,33,34,41)(H,35,36,38)/b17-16+/t27-/m0/s1. The number of aromatic nitrogens is 2. The topological polar surface area (TPSA) is 170 Å². The fourth-order valence-electron chi connectivity index (χ4n) is 5.75. The number of H-pyrrole nitrogens is 1. The van der Waals surface area contributed by atoms with Crippen LogP contribution in [0, 0.1) is 34.6 Å². The minimum absolute atomic E-state index is 0.0309. The van der Waals surface area contributed by atoms with Gasteiger partial charge in [0.15, 0.2) is 0 Å². The number of carboxylic acids is 1. The molecule has 1 aliphatic carbocycles. The molecule has 0 spiro atoms. The van der Waals surface area contributed by atoms with Crippen molar-refractivity contribution >= 4 is 38.5 Å². The number of urea groups is 1. The Hall–Kier alpha value is -4.03. The zero-order valence-electron chi connectivity index (χ0n) is 26.1. The summed E-state index contributed by atoms with van der Waals surface area (Å²) in [5.74, 6) is -1.37. The molecule has 236 valence electrons. The fourth-order valence-corrected chi connectivity index (χ4v) is 7.54. The normalized spacial score (nSPS) is 15.3. The maximum absolute atomic E-state index is 13.5. The number of fused-ring (bicyclic) bond motifs is 1. The van der Waals surface area contributed by atoms with E-state index in [-0.39, 0.29) is 34.6 Å². The van der Waals surface area contributed by atoms with Gasteiger partial charge in [0.1, 0.15) is 11.9 Å². The van der Waals surface area contributed by atoms with Crippen LogP contribution >= 0.6 is 0 Å². The van der Waals surface area contributed by atoms with E-state index < -0.39 is 27.6 Å². The Balaban J connectivity index is 1.53. The van der Waals surface area contributed by atoms with Crippen molar-refractivity contribution in [3.05, 3.63) is 74.0 Å². The van der Waals surface area contributed by atoms with E-state index in [1.807, 2.05) is 27.7 Å². The lowest BCUT2D eigenvalue weighted by atomic mass is 9.95. The molecule has 1 aliphatic rings. The van der Waals surface area contributed by atoms with Gasteiger partial charge >= 0.3 is 12.0 Å². The third kappa shape index (κ3) is 7.19. The van der Waals surface area contributed by atoms with Crippen molar-refractivity contribution in [3.8, 4) is 0 Å². The zero-order valence-corrected chi connectivity index (χ0v) is 26.9. The van der Waals surface area contributed by atoms with E-state index in [0.717, 1.165) is 47.9 Å². The molecule has 1 fully saturated rings. The molecule has 11 nitrogen and oxygen atoms in total. The molecular formula is C32H41N5O6S. The number of carbonyl (C=O) groups is 2. The van der Waals surface area contributed by atoms with E-state index in [1.54, 1.807) is 38.2 Å². The number of aromatic amines is 1. The van der Waals surface area contributed by atoms with E-state index in [0.29, 0.717) is 22.2 Å². The summed E-state index contributed by atoms with van der Waals surface area (Å²) in [5, 5.41) is 15.9. The van der Waals surface area contributed by atoms with Crippen LogP contribution in [0.2, 0.25) is 0 Å². The fraction of sp³-hybridized carbons (Fsp3) is 0.438. The van der Waals surface area contributed by atoms with Crippen molar-refractivity contribution in [3.63, 3.8) is 0 Å². The quantitative estimate of drug-likeness (QED) is 0.235. The molecule has 1 saturated carbocycles. The Morgan fingerprint density at radius 1 is 1.02 bits per heavy atom. The molecule has 4 rings (SSSR count). The van der Waals surface area contributed by atoms with Crippen LogP contribution in [0.4, 0.5) is 4.79 Å². The van der Waals surface area contributed by atoms with Gasteiger partial charge in [0.2, 0.25) is 10.0 Å². The maximum atomic E-state index is 13.5. The molecular weight excluding hydrogens is 582 g/mol. The highest BCUT2D eigenvalue weighted by molar-refractivity contribution is 7.89. The molecule has 0 bridgehead atoms. The highest BCUT2D eigenvalue weighted by Gasteiger charge is 2.30. The molecule has 5 N–H and O–H groups in total. The van der Waals surface area contributed by atoms with Gasteiger partial charge in [-0.2, -0.15) is 4.72 Å². The number of amides is 2. The van der Waals surface area contributed by atoms with Crippen molar-refractivity contribution < 1.29 is 23.1 Å². The molecule has 0 saturated heterocycles. The average Bonchev–Trinajstić information content (AvgIpc) is 2.97. The second-order valence-electron chi connectivity index (χ2n) is 11.7. The number of carbonyl (C=O) groups excluding carboxylic acids is 1. The summed E-state index contributed by atoms with van der Waals surface area (Å²) in [7, 11) is -4.23. The van der Waals surface area contributed by atoms with Crippen LogP contribution in [0.5, 0.6) is 0 Å². The van der Waals surface area contributed by atoms with Crippen LogP contribution in [-0.2, 0) is 21.2 Å². The summed E-state index contributed by atoms with van der Waals surface area (Å²) < 4.78 is 29.3. The Morgan fingerprint density at radius 3 is 2.25 bits per heavy atom. The van der Waals surface area contributed by atoms with E-state index in [1.165, 1.54) is 6.42 Å². The summed E-state index contributed by atoms with van der Waals surface area (Å²) >= 11 is 0. The Morgan fingerprint density at radius 2 is 1.64 bits per heavy atom. The number of hydrogen-bond donors (Lipinski definition) is 5. The lowest BCUT2D eigenvalue weighted by Gasteiger charge is -2.22. The summed E-state index contributed by atoms with van der Waals surface area (Å²) in [6.45, 7) is 10.8. The number of carboxylic acid groups (broad SMARTS) is 1. The minimum atomic E-state index is -4.23. The predicted octanol–water partition coefficient (Wildman–Crippen LogP) is 4.43. The van der Waals surface area contributed by atoms with Gasteiger partial charge in [0.25, 0.3) is 5.56 Å². The molecule has 2 aromatic carbocycles. The summed E-state index contributed by atoms with van der Waals surface area (Å²) in [6, 6.07) is 3.35. The molecule has 3 aromatic rings. The highest BCUT2D eigenvalue weighted by Crippen LogP contribution is 2.29. The first-order chi connectivity index (χ1) is 20.7. The van der Waals surface area contributed by atoms with Gasteiger partial charge in [0.05, 0.1) is 15.8 Å². The number of hydrogen-bond acceptors (Lipinski definition) is 6. The van der Waals surface area contributed by atoms with Gasteiger partial charge in [-0.25, -0.2) is 18.2 Å². The van der Waals surface area contributed by atoms with Crippen LogP contribution in [0.15, 0.2) is 34.1 Å². The van der Waals surface area contributed by atoms with Crippen LogP contribution < -0.4 is 20.9 Å². The minimum Gasteiger partial charge on any atom is -0.480 e. The lowest BCUT2D eigenvalue weighted by molar-refractivity contribution is -0.139. The van der Waals surface area contributed by atoms with Crippen molar-refractivity contribution in [1.29, 1.82) is 0 Å². The van der Waals surface area contributed by atoms with E-state index >= 15 is 0 Å². The summed E-state index contributed by atoms with van der Waals surface area (Å²) in [6.07, 6.45) is 6.58. The predicted molar refractivity (Wildman–Crippen MR) is 170 cm³/mol.